The fourth-order valence-corrected chi connectivity index (χ4v) is 5.23. The molecule has 1 aromatic heterocycles. The number of aromatic nitrogens is 3. The summed E-state index contributed by atoms with van der Waals surface area (Å²) >= 11 is 0. The van der Waals surface area contributed by atoms with Crippen molar-refractivity contribution in [1.29, 1.82) is 0 Å². The highest BCUT2D eigenvalue weighted by Crippen LogP contribution is 2.22. The first-order chi connectivity index (χ1) is 24.9. The molecule has 1 unspecified atom stereocenters. The largest absolute Gasteiger partial charge is 0.444 e. The number of hydrogen-bond acceptors (Lipinski definition) is 16. The van der Waals surface area contributed by atoms with Gasteiger partial charge in [-0.2, -0.15) is 0 Å². The van der Waals surface area contributed by atoms with Crippen LogP contribution < -0.4 is 22.1 Å². The highest BCUT2D eigenvalue weighted by atomic mass is 16.7. The number of nitrogens with zero attached hydrogens (tertiary/aromatic N) is 3. The Morgan fingerprint density at radius 1 is 1.02 bits per heavy atom. The number of ether oxygens (including phenoxy) is 7. The summed E-state index contributed by atoms with van der Waals surface area (Å²) in [6.07, 6.45) is -0.324. The Bertz CT molecular complexity index is 1150. The average molecular weight is 750 g/mol. The monoisotopic (exact) mass is 749 g/mol. The van der Waals surface area contributed by atoms with Gasteiger partial charge in [-0.1, -0.05) is 11.6 Å². The average Bonchev–Trinajstić information content (AvgIpc) is 3.54. The minimum atomic E-state index is -1.20. The molecule has 20 nitrogen and oxygen atoms in total. The number of carbonyl (C=O) groups is 3. The molecule has 1 fully saturated rings. The molecule has 0 aliphatic carbocycles. The van der Waals surface area contributed by atoms with E-state index in [9.17, 15) is 29.7 Å². The summed E-state index contributed by atoms with van der Waals surface area (Å²) in [5.41, 5.74) is 10.3. The van der Waals surface area contributed by atoms with Crippen LogP contribution in [0.5, 0.6) is 0 Å². The lowest BCUT2D eigenvalue weighted by Crippen LogP contribution is -2.50. The van der Waals surface area contributed by atoms with E-state index in [1.54, 1.807) is 24.7 Å². The van der Waals surface area contributed by atoms with E-state index in [1.165, 1.54) is 0 Å². The summed E-state index contributed by atoms with van der Waals surface area (Å²) in [6, 6.07) is -0.280. The topological polar surface area (TPSA) is 283 Å². The minimum Gasteiger partial charge on any atom is -0.444 e. The second kappa shape index (κ2) is 25.8. The van der Waals surface area contributed by atoms with Gasteiger partial charge in [0.25, 0.3) is 0 Å². The normalized spacial score (nSPS) is 19.7. The quantitative estimate of drug-likeness (QED) is 0.0439. The fraction of sp³-hybridized carbons (Fsp3) is 0.844. The van der Waals surface area contributed by atoms with E-state index >= 15 is 0 Å². The summed E-state index contributed by atoms with van der Waals surface area (Å²) in [6.45, 7) is 6.75. The summed E-state index contributed by atoms with van der Waals surface area (Å²) in [4.78, 5) is 35.1. The van der Waals surface area contributed by atoms with E-state index in [2.05, 4.69) is 20.9 Å². The van der Waals surface area contributed by atoms with Gasteiger partial charge in [-0.3, -0.25) is 9.59 Å². The third-order valence-electron chi connectivity index (χ3n) is 7.70. The second-order valence-electron chi connectivity index (χ2n) is 12.8. The smallest absolute Gasteiger partial charge is 0.405 e. The third-order valence-corrected chi connectivity index (χ3v) is 7.70. The van der Waals surface area contributed by atoms with Crippen molar-refractivity contribution in [2.45, 2.75) is 102 Å². The number of aliphatic hydroxyl groups excluding tert-OH is 3. The molecule has 1 aromatic rings. The second-order valence-corrected chi connectivity index (χ2v) is 12.8. The van der Waals surface area contributed by atoms with Crippen molar-refractivity contribution in [3.63, 3.8) is 0 Å². The van der Waals surface area contributed by atoms with Crippen molar-refractivity contribution < 1.29 is 62.9 Å². The molecule has 2 rings (SSSR count). The summed E-state index contributed by atoms with van der Waals surface area (Å²) in [5.74, 6) is -0.408. The van der Waals surface area contributed by atoms with Crippen molar-refractivity contribution in [2.24, 2.45) is 11.5 Å². The molecule has 0 spiro atoms. The lowest BCUT2D eigenvalue weighted by atomic mass is 9.94. The molecule has 3 amide bonds. The van der Waals surface area contributed by atoms with Crippen molar-refractivity contribution in [1.82, 2.24) is 25.6 Å². The predicted octanol–water partition coefficient (Wildman–Crippen LogP) is -1.93. The maximum absolute atomic E-state index is 12.1. The molecule has 9 N–H and O–H groups in total. The van der Waals surface area contributed by atoms with Gasteiger partial charge >= 0.3 is 6.09 Å². The maximum Gasteiger partial charge on any atom is 0.405 e. The van der Waals surface area contributed by atoms with Crippen molar-refractivity contribution >= 4 is 17.9 Å². The lowest BCUT2D eigenvalue weighted by Gasteiger charge is -2.36. The molecule has 0 saturated carbocycles. The number of carbonyl (C=O) groups excluding carboxylic acids is 3. The number of aliphatic hydroxyl groups is 3. The van der Waals surface area contributed by atoms with Gasteiger partial charge in [0.15, 0.2) is 6.29 Å². The highest BCUT2D eigenvalue weighted by Gasteiger charge is 2.37. The van der Waals surface area contributed by atoms with Crippen LogP contribution in [0.15, 0.2) is 6.20 Å². The Balaban J connectivity index is 1.39. The summed E-state index contributed by atoms with van der Waals surface area (Å²) in [5, 5.41) is 42.8. The molecule has 1 aliphatic rings. The number of nitrogens with one attached hydrogen (secondary N) is 2. The highest BCUT2D eigenvalue weighted by molar-refractivity contribution is 5.78. The first kappa shape index (κ1) is 45.1. The number of nitrogens with two attached hydrogens (primary N) is 2. The molecule has 0 radical (unpaired) electrons. The van der Waals surface area contributed by atoms with E-state index in [-0.39, 0.29) is 50.6 Å². The van der Waals surface area contributed by atoms with Crippen molar-refractivity contribution in [3.05, 3.63) is 11.9 Å². The van der Waals surface area contributed by atoms with Gasteiger partial charge in [0.1, 0.15) is 17.4 Å². The molecule has 0 bridgehead atoms. The van der Waals surface area contributed by atoms with E-state index in [1.807, 2.05) is 0 Å². The molecular formula is C32H59N7O13. The Kier molecular flexibility index (Phi) is 22.4. The molecule has 300 valence electrons. The summed E-state index contributed by atoms with van der Waals surface area (Å²) in [7, 11) is 0. The zero-order chi connectivity index (χ0) is 38.2. The van der Waals surface area contributed by atoms with Crippen LogP contribution in [0, 0.1) is 0 Å². The molecular weight excluding hydrogens is 690 g/mol. The van der Waals surface area contributed by atoms with E-state index in [0.29, 0.717) is 97.1 Å². The van der Waals surface area contributed by atoms with E-state index in [0.717, 1.165) is 0 Å². The standard InChI is InChI=1S/C32H59N7O13/c1-32(2,52-31(34)45)18-23(36-28(43)19-33)5-3-4-6-27(42)35-7-9-46-11-12-47-13-14-48-15-16-49-22-24-20-39(38-37-24)8-10-50-30-29(44)26(41)17-25(21-40)51-30/h20,23,25-26,29-30,40-41,44H,3-19,21-22,33H2,1-2H3,(H2,34,45)(H,35,42)(H,36,43)/t23?,25-,26-,29+,30+/m0/s1. The Labute approximate surface area is 304 Å². The van der Waals surface area contributed by atoms with Gasteiger partial charge in [-0.25, -0.2) is 9.48 Å². The number of unbranched alkanes of at least 4 members (excludes halogenated alkanes) is 1. The van der Waals surface area contributed by atoms with Crippen LogP contribution in [0.2, 0.25) is 0 Å². The van der Waals surface area contributed by atoms with E-state index < -0.39 is 36.3 Å². The van der Waals surface area contributed by atoms with Gasteiger partial charge < -0.3 is 70.6 Å². The van der Waals surface area contributed by atoms with Gasteiger partial charge in [-0.05, 0) is 26.7 Å². The van der Waals surface area contributed by atoms with Gasteiger partial charge in [0, 0.05) is 31.8 Å². The first-order valence-corrected chi connectivity index (χ1v) is 17.6. The van der Waals surface area contributed by atoms with Crippen LogP contribution in [0.1, 0.15) is 58.1 Å². The van der Waals surface area contributed by atoms with Crippen molar-refractivity contribution in [2.75, 3.05) is 72.6 Å². The van der Waals surface area contributed by atoms with Gasteiger partial charge in [0.05, 0.1) is 97.6 Å². The van der Waals surface area contributed by atoms with Crippen LogP contribution in [0.25, 0.3) is 0 Å². The number of rotatable bonds is 29. The zero-order valence-electron chi connectivity index (χ0n) is 30.3. The number of amides is 3. The van der Waals surface area contributed by atoms with Crippen LogP contribution in [0.3, 0.4) is 0 Å². The molecule has 0 aromatic carbocycles. The molecule has 1 aliphatic heterocycles. The Morgan fingerprint density at radius 2 is 1.69 bits per heavy atom. The molecule has 1 saturated heterocycles. The maximum atomic E-state index is 12.1. The van der Waals surface area contributed by atoms with Gasteiger partial charge in [-0.15, -0.1) is 5.10 Å². The Hall–Kier alpha value is -3.05. The molecule has 20 heteroatoms. The van der Waals surface area contributed by atoms with E-state index in [4.69, 9.17) is 44.6 Å². The van der Waals surface area contributed by atoms with Crippen LogP contribution in [0.4, 0.5) is 4.79 Å². The van der Waals surface area contributed by atoms with Crippen LogP contribution >= 0.6 is 0 Å². The van der Waals surface area contributed by atoms with Crippen molar-refractivity contribution in [3.8, 4) is 0 Å². The summed E-state index contributed by atoms with van der Waals surface area (Å²) < 4.78 is 39.6. The SMILES string of the molecule is CC(C)(CC(CCCCC(=O)NCCOCCOCCOCCOCc1cn(CCO[C@@H]2O[C@H](CO)C[C@H](O)[C@H]2O)nn1)NC(=O)CN)OC(N)=O. The Morgan fingerprint density at radius 3 is 2.35 bits per heavy atom. The van der Waals surface area contributed by atoms with Crippen LogP contribution in [-0.4, -0.2) is 157 Å². The molecule has 52 heavy (non-hydrogen) atoms. The number of primary amides is 1. The molecule has 5 atom stereocenters. The predicted molar refractivity (Wildman–Crippen MR) is 182 cm³/mol. The first-order valence-electron chi connectivity index (χ1n) is 17.6. The molecule has 2 heterocycles. The third kappa shape index (κ3) is 20.3. The zero-order valence-corrected chi connectivity index (χ0v) is 30.3. The number of hydrogen-bond donors (Lipinski definition) is 7. The van der Waals surface area contributed by atoms with Crippen LogP contribution in [-0.2, 0) is 55.9 Å². The lowest BCUT2D eigenvalue weighted by molar-refractivity contribution is -0.271. The minimum absolute atomic E-state index is 0.0953. The van der Waals surface area contributed by atoms with Gasteiger partial charge in [0.2, 0.25) is 11.8 Å². The fourth-order valence-electron chi connectivity index (χ4n) is 5.23.